The smallest absolute Gasteiger partial charge is 0.311 e. The lowest BCUT2D eigenvalue weighted by Crippen LogP contribution is -2.17. The lowest BCUT2D eigenvalue weighted by molar-refractivity contribution is -0.385. The van der Waals surface area contributed by atoms with Crippen LogP contribution in [0, 0.1) is 10.1 Å². The zero-order valence-electron chi connectivity index (χ0n) is 17.4. The highest BCUT2D eigenvalue weighted by Crippen LogP contribution is 2.29. The van der Waals surface area contributed by atoms with Gasteiger partial charge in [0.25, 0.3) is 5.91 Å². The summed E-state index contributed by atoms with van der Waals surface area (Å²) < 4.78 is 8.03. The van der Waals surface area contributed by atoms with Gasteiger partial charge < -0.3 is 9.30 Å². The van der Waals surface area contributed by atoms with Gasteiger partial charge in [-0.2, -0.15) is 4.99 Å². The topological polar surface area (TPSA) is 86.7 Å². The maximum absolute atomic E-state index is 12.9. The molecule has 0 aliphatic heterocycles. The van der Waals surface area contributed by atoms with Crippen LogP contribution in [0.1, 0.15) is 35.5 Å². The molecule has 7 nitrogen and oxygen atoms in total. The number of aromatic nitrogens is 1. The molecule has 0 bridgehead atoms. The normalized spacial score (nSPS) is 11.5. The molecular formula is C22H22BrN3O4S. The van der Waals surface area contributed by atoms with Crippen LogP contribution in [-0.4, -0.2) is 22.5 Å². The molecule has 1 heterocycles. The number of nitro benzene ring substituents is 1. The van der Waals surface area contributed by atoms with E-state index in [1.807, 2.05) is 35.8 Å². The number of aryl methyl sites for hydroxylation is 1. The number of thiazole rings is 1. The molecule has 0 aliphatic rings. The van der Waals surface area contributed by atoms with Gasteiger partial charge in [-0.05, 0) is 43.2 Å². The van der Waals surface area contributed by atoms with Gasteiger partial charge in [-0.25, -0.2) is 0 Å². The molecule has 0 N–H and O–H groups in total. The lowest BCUT2D eigenvalue weighted by atomic mass is 10.1. The number of amides is 1. The number of hydrogen-bond donors (Lipinski definition) is 0. The minimum Gasteiger partial charge on any atom is -0.490 e. The minimum absolute atomic E-state index is 0.101. The van der Waals surface area contributed by atoms with Crippen molar-refractivity contribution in [2.45, 2.75) is 33.2 Å². The van der Waals surface area contributed by atoms with Gasteiger partial charge in [-0.3, -0.25) is 14.9 Å². The summed E-state index contributed by atoms with van der Waals surface area (Å²) in [5.74, 6) is -0.427. The van der Waals surface area contributed by atoms with E-state index in [1.54, 1.807) is 0 Å². The van der Waals surface area contributed by atoms with Crippen molar-refractivity contribution >= 4 is 38.9 Å². The number of carbonyl (C=O) groups excluding carboxylic acids is 1. The standard InChI is InChI=1S/C22H22BrN3O4S/c1-4-6-19-20(14-7-10-16(23)11-8-14)25(5-2)22(31-19)24-21(27)15-9-12-18(30-3)17(13-15)26(28)29/h7-13H,4-6H2,1-3H3. The number of carbonyl (C=O) groups is 1. The predicted molar refractivity (Wildman–Crippen MR) is 125 cm³/mol. The van der Waals surface area contributed by atoms with E-state index in [0.717, 1.165) is 33.4 Å². The molecule has 0 atom stereocenters. The fourth-order valence-corrected chi connectivity index (χ4v) is 4.85. The molecule has 0 radical (unpaired) electrons. The molecule has 0 unspecified atom stereocenters. The van der Waals surface area contributed by atoms with E-state index in [4.69, 9.17) is 4.74 Å². The number of rotatable bonds is 7. The van der Waals surface area contributed by atoms with Gasteiger partial charge in [0.2, 0.25) is 0 Å². The van der Waals surface area contributed by atoms with E-state index in [9.17, 15) is 14.9 Å². The van der Waals surface area contributed by atoms with Gasteiger partial charge >= 0.3 is 5.69 Å². The van der Waals surface area contributed by atoms with Gasteiger partial charge in [0.05, 0.1) is 17.7 Å². The fourth-order valence-electron chi connectivity index (χ4n) is 3.27. The van der Waals surface area contributed by atoms with Crippen LogP contribution in [0.4, 0.5) is 5.69 Å². The van der Waals surface area contributed by atoms with Crippen LogP contribution < -0.4 is 9.54 Å². The summed E-state index contributed by atoms with van der Waals surface area (Å²) in [5, 5.41) is 11.3. The highest BCUT2D eigenvalue weighted by molar-refractivity contribution is 9.10. The zero-order chi connectivity index (χ0) is 22.5. The van der Waals surface area contributed by atoms with E-state index in [0.29, 0.717) is 11.3 Å². The van der Waals surface area contributed by atoms with Crippen LogP contribution in [0.15, 0.2) is 51.9 Å². The van der Waals surface area contributed by atoms with Crippen molar-refractivity contribution in [1.29, 1.82) is 0 Å². The molecule has 0 saturated carbocycles. The van der Waals surface area contributed by atoms with E-state index in [1.165, 1.54) is 36.6 Å². The van der Waals surface area contributed by atoms with Crippen LogP contribution in [0.5, 0.6) is 5.75 Å². The number of methoxy groups -OCH3 is 1. The van der Waals surface area contributed by atoms with E-state index in [-0.39, 0.29) is 17.0 Å². The molecule has 2 aromatic carbocycles. The summed E-state index contributed by atoms with van der Waals surface area (Å²) in [4.78, 5) is 29.7. The Balaban J connectivity index is 2.13. The molecule has 0 saturated heterocycles. The van der Waals surface area contributed by atoms with Crippen LogP contribution in [-0.2, 0) is 13.0 Å². The second kappa shape index (κ2) is 10.0. The molecule has 1 amide bonds. The summed E-state index contributed by atoms with van der Waals surface area (Å²) in [6, 6.07) is 12.2. The summed E-state index contributed by atoms with van der Waals surface area (Å²) in [6.07, 6.45) is 1.83. The minimum atomic E-state index is -0.571. The van der Waals surface area contributed by atoms with Crippen LogP contribution in [0.2, 0.25) is 0 Å². The van der Waals surface area contributed by atoms with Gasteiger partial charge in [0, 0.05) is 27.5 Å². The number of benzene rings is 2. The van der Waals surface area contributed by atoms with Gasteiger partial charge in [0.1, 0.15) is 0 Å². The predicted octanol–water partition coefficient (Wildman–Crippen LogP) is 5.61. The van der Waals surface area contributed by atoms with Crippen molar-refractivity contribution in [1.82, 2.24) is 4.57 Å². The highest BCUT2D eigenvalue weighted by atomic mass is 79.9. The molecule has 0 aliphatic carbocycles. The lowest BCUT2D eigenvalue weighted by Gasteiger charge is -2.09. The van der Waals surface area contributed by atoms with Crippen molar-refractivity contribution in [3.05, 3.63) is 72.3 Å². The molecule has 3 rings (SSSR count). The molecule has 31 heavy (non-hydrogen) atoms. The number of ether oxygens (including phenoxy) is 1. The summed E-state index contributed by atoms with van der Waals surface area (Å²) >= 11 is 4.95. The summed E-state index contributed by atoms with van der Waals surface area (Å²) in [5.41, 5.74) is 1.99. The molecule has 0 fully saturated rings. The first-order chi connectivity index (χ1) is 14.9. The fraction of sp³-hybridized carbons (Fsp3) is 0.273. The molecule has 1 aromatic heterocycles. The zero-order valence-corrected chi connectivity index (χ0v) is 19.8. The quantitative estimate of drug-likeness (QED) is 0.309. The second-order valence-corrected chi connectivity index (χ2v) is 8.70. The Bertz CT molecular complexity index is 1180. The van der Waals surface area contributed by atoms with Crippen LogP contribution in [0.3, 0.4) is 0 Å². The monoisotopic (exact) mass is 503 g/mol. The Hall–Kier alpha value is -2.78. The first kappa shape index (κ1) is 22.9. The summed E-state index contributed by atoms with van der Waals surface area (Å²) in [6.45, 7) is 4.76. The number of hydrogen-bond acceptors (Lipinski definition) is 5. The van der Waals surface area contributed by atoms with E-state index >= 15 is 0 Å². The SMILES string of the molecule is CCCc1sc(=NC(=O)c2ccc(OC)c([N+](=O)[O-])c2)n(CC)c1-c1ccc(Br)cc1. The third-order valence-electron chi connectivity index (χ3n) is 4.71. The average molecular weight is 504 g/mol. The molecule has 9 heteroatoms. The van der Waals surface area contributed by atoms with Gasteiger partial charge in [-0.1, -0.05) is 41.4 Å². The van der Waals surface area contributed by atoms with E-state index in [2.05, 4.69) is 27.8 Å². The van der Waals surface area contributed by atoms with Gasteiger partial charge in [0.15, 0.2) is 10.6 Å². The average Bonchev–Trinajstić information content (AvgIpc) is 3.10. The number of nitrogens with zero attached hydrogens (tertiary/aromatic N) is 3. The highest BCUT2D eigenvalue weighted by Gasteiger charge is 2.19. The van der Waals surface area contributed by atoms with Crippen molar-refractivity contribution < 1.29 is 14.5 Å². The maximum Gasteiger partial charge on any atom is 0.311 e. The number of nitro groups is 1. The van der Waals surface area contributed by atoms with Crippen molar-refractivity contribution in [2.24, 2.45) is 4.99 Å². The third kappa shape index (κ3) is 4.94. The molecule has 3 aromatic rings. The Kier molecular flexibility index (Phi) is 7.40. The first-order valence-corrected chi connectivity index (χ1v) is 11.4. The Morgan fingerprint density at radius 2 is 1.94 bits per heavy atom. The van der Waals surface area contributed by atoms with Crippen molar-refractivity contribution in [3.63, 3.8) is 0 Å². The van der Waals surface area contributed by atoms with E-state index < -0.39 is 10.8 Å². The van der Waals surface area contributed by atoms with Crippen molar-refractivity contribution in [2.75, 3.05) is 7.11 Å². The largest absolute Gasteiger partial charge is 0.490 e. The Morgan fingerprint density at radius 3 is 2.52 bits per heavy atom. The Morgan fingerprint density at radius 1 is 1.23 bits per heavy atom. The third-order valence-corrected chi connectivity index (χ3v) is 6.38. The second-order valence-electron chi connectivity index (χ2n) is 6.72. The molecule has 0 spiro atoms. The number of halogens is 1. The molecular weight excluding hydrogens is 482 g/mol. The molecule has 162 valence electrons. The maximum atomic E-state index is 12.9. The van der Waals surface area contributed by atoms with Gasteiger partial charge in [-0.15, -0.1) is 11.3 Å². The van der Waals surface area contributed by atoms with Crippen LogP contribution >= 0.6 is 27.3 Å². The van der Waals surface area contributed by atoms with Crippen LogP contribution in [0.25, 0.3) is 11.3 Å². The Labute approximate surface area is 192 Å². The first-order valence-electron chi connectivity index (χ1n) is 9.79. The van der Waals surface area contributed by atoms with Crippen molar-refractivity contribution in [3.8, 4) is 17.0 Å². The summed E-state index contributed by atoms with van der Waals surface area (Å²) in [7, 11) is 1.35.